The van der Waals surface area contributed by atoms with Gasteiger partial charge in [-0.2, -0.15) is 0 Å². The summed E-state index contributed by atoms with van der Waals surface area (Å²) in [6.07, 6.45) is 2.34. The minimum absolute atomic E-state index is 0.0672. The van der Waals surface area contributed by atoms with E-state index in [9.17, 15) is 9.00 Å². The minimum Gasteiger partial charge on any atom is -0.349 e. The van der Waals surface area contributed by atoms with Crippen LogP contribution in [0, 0.1) is 0 Å². The van der Waals surface area contributed by atoms with E-state index in [-0.39, 0.29) is 22.4 Å². The molecule has 1 aromatic rings. The molecule has 108 valence electrons. The maximum Gasteiger partial charge on any atom is 0.290 e. The van der Waals surface area contributed by atoms with Crippen LogP contribution >= 0.6 is 0 Å². The van der Waals surface area contributed by atoms with E-state index < -0.39 is 10.8 Å². The van der Waals surface area contributed by atoms with Crippen molar-refractivity contribution in [2.45, 2.75) is 44.8 Å². The van der Waals surface area contributed by atoms with Gasteiger partial charge in [0.15, 0.2) is 0 Å². The smallest absolute Gasteiger partial charge is 0.290 e. The van der Waals surface area contributed by atoms with E-state index in [0.29, 0.717) is 18.8 Å². The molecular formula is C12H22N4O2S. The molecule has 7 heteroatoms. The second-order valence-electron chi connectivity index (χ2n) is 5.61. The number of carbonyl (C=O) groups is 1. The van der Waals surface area contributed by atoms with Gasteiger partial charge in [0.2, 0.25) is 5.82 Å². The summed E-state index contributed by atoms with van der Waals surface area (Å²) < 4.78 is 11.2. The lowest BCUT2D eigenvalue weighted by Crippen LogP contribution is -2.28. The molecule has 0 aliphatic heterocycles. The summed E-state index contributed by atoms with van der Waals surface area (Å²) in [4.78, 5) is 16.0. The van der Waals surface area contributed by atoms with Crippen molar-refractivity contribution in [3.63, 3.8) is 0 Å². The van der Waals surface area contributed by atoms with E-state index in [1.165, 1.54) is 0 Å². The van der Waals surface area contributed by atoms with Crippen LogP contribution in [-0.4, -0.2) is 43.3 Å². The maximum absolute atomic E-state index is 11.8. The molecule has 0 fully saturated rings. The van der Waals surface area contributed by atoms with Crippen LogP contribution in [-0.2, 0) is 16.2 Å². The average Bonchev–Trinajstić information content (AvgIpc) is 2.77. The molecule has 2 atom stereocenters. The van der Waals surface area contributed by atoms with Gasteiger partial charge in [-0.05, 0) is 6.42 Å². The number of nitrogens with one attached hydrogen (secondary N) is 2. The molecular weight excluding hydrogens is 264 g/mol. The van der Waals surface area contributed by atoms with Crippen molar-refractivity contribution in [3.05, 3.63) is 11.6 Å². The number of aromatic nitrogens is 3. The van der Waals surface area contributed by atoms with Crippen molar-refractivity contribution in [1.29, 1.82) is 0 Å². The summed E-state index contributed by atoms with van der Waals surface area (Å²) in [6, 6.07) is 0. The fourth-order valence-electron chi connectivity index (χ4n) is 1.33. The Morgan fingerprint density at radius 1 is 1.47 bits per heavy atom. The molecule has 0 aliphatic rings. The van der Waals surface area contributed by atoms with Crippen molar-refractivity contribution in [1.82, 2.24) is 20.5 Å². The highest BCUT2D eigenvalue weighted by atomic mass is 32.2. The maximum atomic E-state index is 11.8. The van der Waals surface area contributed by atoms with E-state index in [4.69, 9.17) is 0 Å². The van der Waals surface area contributed by atoms with Gasteiger partial charge in [0, 0.05) is 34.3 Å². The molecule has 2 N–H and O–H groups in total. The number of hydrogen-bond acceptors (Lipinski definition) is 4. The lowest BCUT2D eigenvalue weighted by atomic mass is 9.96. The Labute approximate surface area is 116 Å². The Morgan fingerprint density at radius 3 is 2.58 bits per heavy atom. The molecule has 2 unspecified atom stereocenters. The number of hydrogen-bond donors (Lipinski definition) is 2. The normalized spacial score (nSPS) is 15.0. The predicted molar refractivity (Wildman–Crippen MR) is 75.6 cm³/mol. The van der Waals surface area contributed by atoms with Crippen molar-refractivity contribution < 1.29 is 9.00 Å². The van der Waals surface area contributed by atoms with E-state index in [1.807, 2.05) is 27.7 Å². The first-order chi connectivity index (χ1) is 8.71. The summed E-state index contributed by atoms with van der Waals surface area (Å²) >= 11 is 0. The van der Waals surface area contributed by atoms with Crippen LogP contribution in [0.15, 0.2) is 0 Å². The monoisotopic (exact) mass is 286 g/mol. The first kappa shape index (κ1) is 15.8. The van der Waals surface area contributed by atoms with Gasteiger partial charge in [-0.1, -0.05) is 27.7 Å². The molecule has 0 radical (unpaired) electrons. The third-order valence-corrected chi connectivity index (χ3v) is 4.17. The quantitative estimate of drug-likeness (QED) is 0.845. The summed E-state index contributed by atoms with van der Waals surface area (Å²) in [6.45, 7) is 8.35. The molecule has 6 nitrogen and oxygen atoms in total. The van der Waals surface area contributed by atoms with Gasteiger partial charge in [0.05, 0.1) is 0 Å². The molecule has 0 saturated carbocycles. The number of carbonyl (C=O) groups excluding carboxylic acids is 1. The van der Waals surface area contributed by atoms with Crippen molar-refractivity contribution in [3.8, 4) is 0 Å². The zero-order chi connectivity index (χ0) is 14.6. The van der Waals surface area contributed by atoms with E-state index in [1.54, 1.807) is 6.26 Å². The lowest BCUT2D eigenvalue weighted by molar-refractivity contribution is 0.0943. The first-order valence-corrected chi connectivity index (χ1v) is 7.87. The molecule has 1 rings (SSSR count). The van der Waals surface area contributed by atoms with Crippen molar-refractivity contribution in [2.24, 2.45) is 0 Å². The Hall–Kier alpha value is -1.24. The molecule has 1 aromatic heterocycles. The fraction of sp³-hybridized carbons (Fsp3) is 0.750. The van der Waals surface area contributed by atoms with Gasteiger partial charge >= 0.3 is 0 Å². The van der Waals surface area contributed by atoms with Gasteiger partial charge in [0.25, 0.3) is 5.91 Å². The van der Waals surface area contributed by atoms with Crippen LogP contribution in [0.25, 0.3) is 0 Å². The highest BCUT2D eigenvalue weighted by molar-refractivity contribution is 7.84. The molecule has 1 heterocycles. The van der Waals surface area contributed by atoms with Crippen LogP contribution in [0.5, 0.6) is 0 Å². The molecule has 1 amide bonds. The number of aromatic amines is 1. The second-order valence-corrected chi connectivity index (χ2v) is 7.41. The Kier molecular flexibility index (Phi) is 5.22. The van der Waals surface area contributed by atoms with E-state index >= 15 is 0 Å². The lowest BCUT2D eigenvalue weighted by Gasteiger charge is -2.12. The van der Waals surface area contributed by atoms with Gasteiger partial charge < -0.3 is 5.32 Å². The zero-order valence-corrected chi connectivity index (χ0v) is 12.9. The molecule has 0 aromatic carbocycles. The SMILES string of the molecule is CC(CCNC(=O)c1n[nH]c(C(C)(C)C)n1)S(C)=O. The second kappa shape index (κ2) is 6.27. The number of amides is 1. The molecule has 0 aliphatic carbocycles. The topological polar surface area (TPSA) is 87.7 Å². The highest BCUT2D eigenvalue weighted by Gasteiger charge is 2.21. The van der Waals surface area contributed by atoms with Crippen LogP contribution < -0.4 is 5.32 Å². The number of nitrogens with zero attached hydrogens (tertiary/aromatic N) is 2. The molecule has 0 saturated heterocycles. The Morgan fingerprint density at radius 2 is 2.11 bits per heavy atom. The largest absolute Gasteiger partial charge is 0.349 e. The molecule has 0 bridgehead atoms. The van der Waals surface area contributed by atoms with Crippen molar-refractivity contribution >= 4 is 16.7 Å². The first-order valence-electron chi connectivity index (χ1n) is 6.25. The molecule has 19 heavy (non-hydrogen) atoms. The third kappa shape index (κ3) is 4.74. The standard InChI is InChI=1S/C12H22N4O2S/c1-8(19(5)18)6-7-13-10(17)9-14-11(16-15-9)12(2,3)4/h8H,6-7H2,1-5H3,(H,13,17)(H,14,15,16). The van der Waals surface area contributed by atoms with Crippen LogP contribution in [0.3, 0.4) is 0 Å². The zero-order valence-electron chi connectivity index (χ0n) is 12.1. The van der Waals surface area contributed by atoms with E-state index in [0.717, 1.165) is 0 Å². The highest BCUT2D eigenvalue weighted by Crippen LogP contribution is 2.17. The summed E-state index contributed by atoms with van der Waals surface area (Å²) in [7, 11) is -0.866. The number of rotatable bonds is 5. The average molecular weight is 286 g/mol. The minimum atomic E-state index is -0.866. The fourth-order valence-corrected chi connectivity index (χ4v) is 1.78. The third-order valence-electron chi connectivity index (χ3n) is 2.80. The van der Waals surface area contributed by atoms with Crippen LogP contribution in [0.4, 0.5) is 0 Å². The summed E-state index contributed by atoms with van der Waals surface area (Å²) in [5.41, 5.74) is -0.168. The predicted octanol–water partition coefficient (Wildman–Crippen LogP) is 0.989. The van der Waals surface area contributed by atoms with Crippen molar-refractivity contribution in [2.75, 3.05) is 12.8 Å². The Balaban J connectivity index is 2.51. The van der Waals surface area contributed by atoms with E-state index in [2.05, 4.69) is 20.5 Å². The van der Waals surface area contributed by atoms with Gasteiger partial charge in [-0.15, -0.1) is 5.10 Å². The number of H-pyrrole nitrogens is 1. The van der Waals surface area contributed by atoms with Crippen LogP contribution in [0.1, 0.15) is 50.6 Å². The molecule has 0 spiro atoms. The Bertz CT molecular complexity index is 465. The summed E-state index contributed by atoms with van der Waals surface area (Å²) in [5.74, 6) is 0.525. The summed E-state index contributed by atoms with van der Waals surface area (Å²) in [5, 5.41) is 9.48. The van der Waals surface area contributed by atoms with Gasteiger partial charge in [-0.25, -0.2) is 4.98 Å². The van der Waals surface area contributed by atoms with Gasteiger partial charge in [-0.3, -0.25) is 14.1 Å². The van der Waals surface area contributed by atoms with Gasteiger partial charge in [0.1, 0.15) is 5.82 Å². The van der Waals surface area contributed by atoms with Crippen LogP contribution in [0.2, 0.25) is 0 Å².